The summed E-state index contributed by atoms with van der Waals surface area (Å²) in [5, 5.41) is 0.943. The summed E-state index contributed by atoms with van der Waals surface area (Å²) in [5.41, 5.74) is 0.734. The molecular weight excluding hydrogens is 268 g/mol. The molecule has 2 unspecified atom stereocenters. The maximum atomic E-state index is 12.2. The Bertz CT molecular complexity index is 583. The molecule has 4 heteroatoms. The van der Waals surface area contributed by atoms with Gasteiger partial charge in [0.05, 0.1) is 12.2 Å². The van der Waals surface area contributed by atoms with Crippen LogP contribution in [-0.2, 0) is 9.47 Å². The predicted octanol–water partition coefficient (Wildman–Crippen LogP) is 3.59. The third kappa shape index (κ3) is 3.34. The van der Waals surface area contributed by atoms with Gasteiger partial charge in [0.2, 0.25) is 5.78 Å². The lowest BCUT2D eigenvalue weighted by Gasteiger charge is -2.27. The van der Waals surface area contributed by atoms with Gasteiger partial charge in [-0.15, -0.1) is 0 Å². The number of hydrogen-bond donors (Lipinski definition) is 0. The molecule has 3 rings (SSSR count). The normalized spacial score (nSPS) is 22.5. The fourth-order valence-corrected chi connectivity index (χ4v) is 2.85. The minimum absolute atomic E-state index is 0.0704. The number of methoxy groups -OCH3 is 1. The number of ketones is 1. The van der Waals surface area contributed by atoms with Crippen LogP contribution in [0.2, 0.25) is 0 Å². The Morgan fingerprint density at radius 1 is 1.29 bits per heavy atom. The van der Waals surface area contributed by atoms with Crippen LogP contribution < -0.4 is 0 Å². The zero-order valence-electron chi connectivity index (χ0n) is 12.2. The molecule has 1 saturated carbocycles. The van der Waals surface area contributed by atoms with Gasteiger partial charge >= 0.3 is 0 Å². The second-order valence-electron chi connectivity index (χ2n) is 5.53. The lowest BCUT2D eigenvalue weighted by molar-refractivity contribution is -0.0246. The van der Waals surface area contributed by atoms with Gasteiger partial charge in [-0.05, 0) is 37.8 Å². The van der Waals surface area contributed by atoms with Crippen molar-refractivity contribution >= 4 is 16.8 Å². The second-order valence-corrected chi connectivity index (χ2v) is 5.53. The number of Topliss-reactive ketones (excluding diaryl/α,β-unsaturated/α-hetero) is 1. The molecule has 1 aliphatic carbocycles. The molecular formula is C17H20O4. The highest BCUT2D eigenvalue weighted by Crippen LogP contribution is 2.24. The number of para-hydroxylation sites is 1. The lowest BCUT2D eigenvalue weighted by Crippen LogP contribution is -2.29. The molecule has 1 aliphatic rings. The number of carbonyl (C=O) groups excluding carboxylic acids is 1. The van der Waals surface area contributed by atoms with E-state index < -0.39 is 0 Å². The van der Waals surface area contributed by atoms with Crippen LogP contribution in [0.4, 0.5) is 0 Å². The van der Waals surface area contributed by atoms with Gasteiger partial charge in [0.25, 0.3) is 0 Å². The van der Waals surface area contributed by atoms with E-state index in [0.717, 1.165) is 36.7 Å². The number of furan rings is 1. The molecule has 0 spiro atoms. The van der Waals surface area contributed by atoms with Crippen molar-refractivity contribution < 1.29 is 18.7 Å². The Labute approximate surface area is 124 Å². The molecule has 1 aromatic carbocycles. The summed E-state index contributed by atoms with van der Waals surface area (Å²) in [6.07, 6.45) is 4.38. The topological polar surface area (TPSA) is 48.7 Å². The Kier molecular flexibility index (Phi) is 4.36. The second kappa shape index (κ2) is 6.41. The molecule has 0 bridgehead atoms. The van der Waals surface area contributed by atoms with Gasteiger partial charge in [-0.25, -0.2) is 0 Å². The first kappa shape index (κ1) is 14.3. The molecule has 1 heterocycles. The predicted molar refractivity (Wildman–Crippen MR) is 79.5 cm³/mol. The Balaban J connectivity index is 1.58. The number of rotatable bonds is 5. The van der Waals surface area contributed by atoms with Crippen molar-refractivity contribution in [2.75, 3.05) is 13.7 Å². The molecule has 4 nitrogen and oxygen atoms in total. The van der Waals surface area contributed by atoms with Crippen LogP contribution in [0, 0.1) is 0 Å². The van der Waals surface area contributed by atoms with Crippen LogP contribution >= 0.6 is 0 Å². The molecule has 2 aromatic rings. The van der Waals surface area contributed by atoms with E-state index in [2.05, 4.69) is 0 Å². The summed E-state index contributed by atoms with van der Waals surface area (Å²) < 4.78 is 16.7. The maximum absolute atomic E-state index is 12.2. The Hall–Kier alpha value is -1.65. The highest BCUT2D eigenvalue weighted by atomic mass is 16.5. The van der Waals surface area contributed by atoms with Crippen molar-refractivity contribution in [3.05, 3.63) is 36.1 Å². The number of benzene rings is 1. The van der Waals surface area contributed by atoms with Crippen LogP contribution in [0.25, 0.3) is 11.0 Å². The summed E-state index contributed by atoms with van der Waals surface area (Å²) >= 11 is 0. The van der Waals surface area contributed by atoms with Gasteiger partial charge in [0.1, 0.15) is 12.2 Å². The van der Waals surface area contributed by atoms with Crippen molar-refractivity contribution in [1.29, 1.82) is 0 Å². The Morgan fingerprint density at radius 2 is 2.10 bits per heavy atom. The molecule has 0 aliphatic heterocycles. The van der Waals surface area contributed by atoms with Crippen LogP contribution in [0.1, 0.15) is 36.2 Å². The van der Waals surface area contributed by atoms with E-state index in [1.54, 1.807) is 13.2 Å². The van der Waals surface area contributed by atoms with Crippen molar-refractivity contribution in [3.63, 3.8) is 0 Å². The summed E-state index contributed by atoms with van der Waals surface area (Å²) in [4.78, 5) is 12.2. The van der Waals surface area contributed by atoms with Gasteiger partial charge < -0.3 is 13.9 Å². The number of hydrogen-bond acceptors (Lipinski definition) is 4. The quantitative estimate of drug-likeness (QED) is 0.789. The smallest absolute Gasteiger partial charge is 0.223 e. The standard InChI is InChI=1S/C17H20O4/c1-19-13-6-4-7-14(10-13)20-11-15(18)17-9-12-5-2-3-8-16(12)21-17/h2-3,5,8-9,13-14H,4,6-7,10-11H2,1H3. The molecule has 112 valence electrons. The summed E-state index contributed by atoms with van der Waals surface area (Å²) in [6, 6.07) is 9.39. The number of carbonyl (C=O) groups is 1. The van der Waals surface area contributed by atoms with E-state index in [1.165, 1.54) is 0 Å². The van der Waals surface area contributed by atoms with Crippen molar-refractivity contribution in [3.8, 4) is 0 Å². The lowest BCUT2D eigenvalue weighted by atomic mass is 9.95. The van der Waals surface area contributed by atoms with E-state index in [-0.39, 0.29) is 24.6 Å². The molecule has 1 fully saturated rings. The third-order valence-corrected chi connectivity index (χ3v) is 4.06. The van der Waals surface area contributed by atoms with E-state index in [9.17, 15) is 4.79 Å². The van der Waals surface area contributed by atoms with Crippen LogP contribution in [0.15, 0.2) is 34.7 Å². The molecule has 2 atom stereocenters. The fraction of sp³-hybridized carbons (Fsp3) is 0.471. The number of fused-ring (bicyclic) bond motifs is 1. The largest absolute Gasteiger partial charge is 0.453 e. The highest BCUT2D eigenvalue weighted by molar-refractivity contribution is 5.98. The van der Waals surface area contributed by atoms with Gasteiger partial charge in [-0.1, -0.05) is 18.2 Å². The summed E-state index contributed by atoms with van der Waals surface area (Å²) in [7, 11) is 1.73. The molecule has 0 radical (unpaired) electrons. The Morgan fingerprint density at radius 3 is 2.90 bits per heavy atom. The fourth-order valence-electron chi connectivity index (χ4n) is 2.85. The van der Waals surface area contributed by atoms with E-state index in [0.29, 0.717) is 5.76 Å². The van der Waals surface area contributed by atoms with Crippen LogP contribution in [0.3, 0.4) is 0 Å². The van der Waals surface area contributed by atoms with Gasteiger partial charge in [-0.3, -0.25) is 4.79 Å². The van der Waals surface area contributed by atoms with E-state index in [1.807, 2.05) is 24.3 Å². The monoisotopic (exact) mass is 288 g/mol. The van der Waals surface area contributed by atoms with Crippen molar-refractivity contribution in [2.24, 2.45) is 0 Å². The average molecular weight is 288 g/mol. The maximum Gasteiger partial charge on any atom is 0.223 e. The van der Waals surface area contributed by atoms with Crippen LogP contribution in [-0.4, -0.2) is 31.7 Å². The summed E-state index contributed by atoms with van der Waals surface area (Å²) in [5.74, 6) is 0.265. The molecule has 1 aromatic heterocycles. The first-order valence-corrected chi connectivity index (χ1v) is 7.42. The minimum atomic E-state index is -0.106. The molecule has 21 heavy (non-hydrogen) atoms. The summed E-state index contributed by atoms with van der Waals surface area (Å²) in [6.45, 7) is 0.0704. The average Bonchev–Trinajstić information content (AvgIpc) is 2.97. The highest BCUT2D eigenvalue weighted by Gasteiger charge is 2.23. The SMILES string of the molecule is COC1CCCC(OCC(=O)c2cc3ccccc3o2)C1. The molecule has 0 saturated heterocycles. The zero-order valence-corrected chi connectivity index (χ0v) is 12.2. The zero-order chi connectivity index (χ0) is 14.7. The third-order valence-electron chi connectivity index (χ3n) is 4.06. The minimum Gasteiger partial charge on any atom is -0.453 e. The van der Waals surface area contributed by atoms with Gasteiger partial charge in [0, 0.05) is 12.5 Å². The van der Waals surface area contributed by atoms with E-state index in [4.69, 9.17) is 13.9 Å². The molecule has 0 amide bonds. The van der Waals surface area contributed by atoms with Crippen molar-refractivity contribution in [2.45, 2.75) is 37.9 Å². The molecule has 0 N–H and O–H groups in total. The first-order valence-electron chi connectivity index (χ1n) is 7.42. The number of ether oxygens (including phenoxy) is 2. The van der Waals surface area contributed by atoms with E-state index >= 15 is 0 Å². The van der Waals surface area contributed by atoms with Gasteiger partial charge in [-0.2, -0.15) is 0 Å². The van der Waals surface area contributed by atoms with Crippen LogP contribution in [0.5, 0.6) is 0 Å². The first-order chi connectivity index (χ1) is 10.3. The van der Waals surface area contributed by atoms with Gasteiger partial charge in [0.15, 0.2) is 5.76 Å². The van der Waals surface area contributed by atoms with Crippen molar-refractivity contribution in [1.82, 2.24) is 0 Å².